The molecule has 88 valence electrons. The van der Waals surface area contributed by atoms with Crippen LogP contribution < -0.4 is 11.5 Å². The van der Waals surface area contributed by atoms with Crippen molar-refractivity contribution >= 4 is 5.91 Å². The fraction of sp³-hybridized carbons (Fsp3) is 0.909. The first-order valence-corrected chi connectivity index (χ1v) is 5.65. The topological polar surface area (TPSA) is 72.3 Å². The van der Waals surface area contributed by atoms with E-state index in [2.05, 4.69) is 18.9 Å². The molecule has 2 unspecified atom stereocenters. The van der Waals surface area contributed by atoms with Crippen molar-refractivity contribution in [1.29, 1.82) is 0 Å². The molecule has 0 bridgehead atoms. The lowest BCUT2D eigenvalue weighted by atomic mass is 9.88. The van der Waals surface area contributed by atoms with Crippen LogP contribution in [0.25, 0.3) is 0 Å². The van der Waals surface area contributed by atoms with E-state index >= 15 is 0 Å². The van der Waals surface area contributed by atoms with Crippen LogP contribution in [0.4, 0.5) is 0 Å². The average Bonchev–Trinajstić information content (AvgIpc) is 1.99. The monoisotopic (exact) mass is 213 g/mol. The van der Waals surface area contributed by atoms with Crippen LogP contribution in [0.1, 0.15) is 39.5 Å². The maximum absolute atomic E-state index is 11.1. The largest absolute Gasteiger partial charge is 0.368 e. The van der Waals surface area contributed by atoms with Gasteiger partial charge in [-0.2, -0.15) is 0 Å². The summed E-state index contributed by atoms with van der Waals surface area (Å²) in [5, 5.41) is 0. The van der Waals surface area contributed by atoms with E-state index in [0.717, 1.165) is 0 Å². The van der Waals surface area contributed by atoms with Gasteiger partial charge in [0.15, 0.2) is 0 Å². The van der Waals surface area contributed by atoms with Crippen molar-refractivity contribution in [2.75, 3.05) is 7.05 Å². The molecule has 1 aliphatic carbocycles. The molecule has 0 spiro atoms. The standard InChI is InChI=1S/C11H23N3O/c1-8(7-11(2,13)10(12)15)14(3)9-5-4-6-9/h8-9H,4-7,13H2,1-3H3,(H2,12,15). The van der Waals surface area contributed by atoms with Gasteiger partial charge in [-0.25, -0.2) is 0 Å². The van der Waals surface area contributed by atoms with E-state index in [0.29, 0.717) is 18.5 Å². The van der Waals surface area contributed by atoms with Crippen LogP contribution >= 0.6 is 0 Å². The minimum absolute atomic E-state index is 0.304. The zero-order valence-corrected chi connectivity index (χ0v) is 9.99. The smallest absolute Gasteiger partial charge is 0.237 e. The summed E-state index contributed by atoms with van der Waals surface area (Å²) in [4.78, 5) is 13.4. The summed E-state index contributed by atoms with van der Waals surface area (Å²) < 4.78 is 0. The fourth-order valence-electron chi connectivity index (χ4n) is 2.01. The normalized spacial score (nSPS) is 23.3. The second-order valence-electron chi connectivity index (χ2n) is 5.09. The van der Waals surface area contributed by atoms with Gasteiger partial charge in [0.2, 0.25) is 5.91 Å². The third-order valence-corrected chi connectivity index (χ3v) is 3.63. The van der Waals surface area contributed by atoms with Crippen molar-refractivity contribution in [3.05, 3.63) is 0 Å². The number of nitrogens with two attached hydrogens (primary N) is 2. The molecule has 2 atom stereocenters. The molecule has 4 N–H and O–H groups in total. The van der Waals surface area contributed by atoms with E-state index in [1.807, 2.05) is 0 Å². The van der Waals surface area contributed by atoms with Crippen LogP contribution in [0.15, 0.2) is 0 Å². The summed E-state index contributed by atoms with van der Waals surface area (Å²) in [5.41, 5.74) is 10.2. The van der Waals surface area contributed by atoms with Gasteiger partial charge >= 0.3 is 0 Å². The summed E-state index contributed by atoms with van der Waals surface area (Å²) in [6.45, 7) is 3.81. The molecule has 0 aromatic rings. The zero-order valence-electron chi connectivity index (χ0n) is 9.99. The summed E-state index contributed by atoms with van der Waals surface area (Å²) in [7, 11) is 2.10. The van der Waals surface area contributed by atoms with Gasteiger partial charge in [0, 0.05) is 12.1 Å². The second kappa shape index (κ2) is 4.49. The van der Waals surface area contributed by atoms with Crippen molar-refractivity contribution in [3.63, 3.8) is 0 Å². The maximum Gasteiger partial charge on any atom is 0.237 e. The number of nitrogens with zero attached hydrogens (tertiary/aromatic N) is 1. The molecule has 4 heteroatoms. The lowest BCUT2D eigenvalue weighted by Crippen LogP contribution is -2.54. The van der Waals surface area contributed by atoms with Crippen molar-refractivity contribution in [2.24, 2.45) is 11.5 Å². The van der Waals surface area contributed by atoms with E-state index < -0.39 is 11.4 Å². The molecule has 15 heavy (non-hydrogen) atoms. The SMILES string of the molecule is CC(CC(C)(N)C(N)=O)N(C)C1CCC1. The van der Waals surface area contributed by atoms with Crippen LogP contribution in [0.2, 0.25) is 0 Å². The highest BCUT2D eigenvalue weighted by molar-refractivity contribution is 5.83. The van der Waals surface area contributed by atoms with E-state index in [-0.39, 0.29) is 0 Å². The molecule has 0 radical (unpaired) electrons. The first-order chi connectivity index (χ1) is 6.84. The minimum atomic E-state index is -0.891. The number of primary amides is 1. The Labute approximate surface area is 92.0 Å². The number of carbonyl (C=O) groups is 1. The minimum Gasteiger partial charge on any atom is -0.368 e. The summed E-state index contributed by atoms with van der Waals surface area (Å²) >= 11 is 0. The Balaban J connectivity index is 2.46. The highest BCUT2D eigenvalue weighted by Gasteiger charge is 2.32. The third-order valence-electron chi connectivity index (χ3n) is 3.63. The van der Waals surface area contributed by atoms with Crippen molar-refractivity contribution in [2.45, 2.75) is 57.2 Å². The van der Waals surface area contributed by atoms with Gasteiger partial charge in [-0.1, -0.05) is 6.42 Å². The van der Waals surface area contributed by atoms with Crippen molar-refractivity contribution in [1.82, 2.24) is 4.90 Å². The Morgan fingerprint density at radius 1 is 1.60 bits per heavy atom. The summed E-state index contributed by atoms with van der Waals surface area (Å²) in [6.07, 6.45) is 4.46. The van der Waals surface area contributed by atoms with Crippen molar-refractivity contribution in [3.8, 4) is 0 Å². The van der Waals surface area contributed by atoms with Gasteiger partial charge in [0.1, 0.15) is 0 Å². The molecule has 4 nitrogen and oxygen atoms in total. The number of hydrogen-bond acceptors (Lipinski definition) is 3. The van der Waals surface area contributed by atoms with Crippen LogP contribution in [-0.4, -0.2) is 35.5 Å². The van der Waals surface area contributed by atoms with E-state index in [1.54, 1.807) is 6.92 Å². The van der Waals surface area contributed by atoms with Gasteiger partial charge in [-0.05, 0) is 40.2 Å². The molecule has 0 aromatic carbocycles. The van der Waals surface area contributed by atoms with Crippen LogP contribution in [0, 0.1) is 0 Å². The van der Waals surface area contributed by atoms with Crippen LogP contribution in [0.3, 0.4) is 0 Å². The quantitative estimate of drug-likeness (QED) is 0.696. The predicted octanol–water partition coefficient (Wildman–Crippen LogP) is 0.452. The Kier molecular flexibility index (Phi) is 3.73. The Morgan fingerprint density at radius 2 is 2.13 bits per heavy atom. The van der Waals surface area contributed by atoms with Crippen LogP contribution in [-0.2, 0) is 4.79 Å². The molecule has 1 fully saturated rings. The molecule has 1 aliphatic rings. The molecule has 0 heterocycles. The Morgan fingerprint density at radius 3 is 2.47 bits per heavy atom. The fourth-order valence-corrected chi connectivity index (χ4v) is 2.01. The zero-order chi connectivity index (χ0) is 11.6. The lowest BCUT2D eigenvalue weighted by Gasteiger charge is -2.40. The molecule has 0 saturated heterocycles. The molecular formula is C11H23N3O. The number of carbonyl (C=O) groups excluding carboxylic acids is 1. The molecule has 0 aliphatic heterocycles. The Hall–Kier alpha value is -0.610. The Bertz CT molecular complexity index is 236. The molecular weight excluding hydrogens is 190 g/mol. The number of amides is 1. The molecule has 1 rings (SSSR count). The molecule has 0 aromatic heterocycles. The van der Waals surface area contributed by atoms with Crippen molar-refractivity contribution < 1.29 is 4.79 Å². The lowest BCUT2D eigenvalue weighted by molar-refractivity contribution is -0.123. The second-order valence-corrected chi connectivity index (χ2v) is 5.09. The van der Waals surface area contributed by atoms with Crippen LogP contribution in [0.5, 0.6) is 0 Å². The van der Waals surface area contributed by atoms with Gasteiger partial charge in [0.05, 0.1) is 5.54 Å². The third kappa shape index (κ3) is 2.92. The predicted molar refractivity (Wildman–Crippen MR) is 61.3 cm³/mol. The maximum atomic E-state index is 11.1. The van der Waals surface area contributed by atoms with E-state index in [9.17, 15) is 4.79 Å². The van der Waals surface area contributed by atoms with Gasteiger partial charge in [-0.15, -0.1) is 0 Å². The van der Waals surface area contributed by atoms with Gasteiger partial charge in [0.25, 0.3) is 0 Å². The van der Waals surface area contributed by atoms with Gasteiger partial charge in [-0.3, -0.25) is 4.79 Å². The van der Waals surface area contributed by atoms with E-state index in [1.165, 1.54) is 19.3 Å². The van der Waals surface area contributed by atoms with Gasteiger partial charge < -0.3 is 16.4 Å². The molecule has 1 amide bonds. The summed E-state index contributed by atoms with van der Waals surface area (Å²) in [6, 6.07) is 0.974. The summed E-state index contributed by atoms with van der Waals surface area (Å²) in [5.74, 6) is -0.420. The number of hydrogen-bond donors (Lipinski definition) is 2. The highest BCUT2D eigenvalue weighted by atomic mass is 16.1. The highest BCUT2D eigenvalue weighted by Crippen LogP contribution is 2.26. The first kappa shape index (κ1) is 12.5. The number of rotatable bonds is 5. The molecule has 1 saturated carbocycles. The van der Waals surface area contributed by atoms with E-state index in [4.69, 9.17) is 11.5 Å². The first-order valence-electron chi connectivity index (χ1n) is 5.65. The average molecular weight is 213 g/mol.